The molecule has 214 valence electrons. The van der Waals surface area contributed by atoms with Gasteiger partial charge in [0.05, 0.1) is 6.42 Å². The third-order valence-electron chi connectivity index (χ3n) is 4.05. The van der Waals surface area contributed by atoms with Gasteiger partial charge in [0.2, 0.25) is 11.8 Å². The van der Waals surface area contributed by atoms with Crippen molar-refractivity contribution >= 4 is 29.8 Å². The molecule has 0 fully saturated rings. The molecule has 0 saturated carbocycles. The predicted octanol–water partition coefficient (Wildman–Crippen LogP) is 2.20. The first kappa shape index (κ1) is 34.1. The molecule has 0 heterocycles. The highest BCUT2D eigenvalue weighted by molar-refractivity contribution is 5.81. The summed E-state index contributed by atoms with van der Waals surface area (Å²) in [4.78, 5) is 60.7. The molecule has 12 heteroatoms. The van der Waals surface area contributed by atoms with Gasteiger partial charge in [0, 0.05) is 32.5 Å². The van der Waals surface area contributed by atoms with Gasteiger partial charge in [0.25, 0.3) is 0 Å². The average Bonchev–Trinajstić information content (AvgIpc) is 2.61. The molecule has 0 aromatic heterocycles. The molecule has 0 bridgehead atoms. The molecular formula is C25H46N4O8. The van der Waals surface area contributed by atoms with Crippen LogP contribution in [-0.2, 0) is 33.4 Å². The highest BCUT2D eigenvalue weighted by Gasteiger charge is 2.23. The van der Waals surface area contributed by atoms with Gasteiger partial charge in [-0.3, -0.25) is 24.6 Å². The van der Waals surface area contributed by atoms with Gasteiger partial charge in [-0.05, 0) is 68.7 Å². The zero-order valence-corrected chi connectivity index (χ0v) is 24.0. The van der Waals surface area contributed by atoms with E-state index in [1.165, 1.54) is 12.1 Å². The number of likely N-dealkylation sites (N-methyl/N-ethyl adjacent to an activating group) is 1. The fourth-order valence-corrected chi connectivity index (χ4v) is 2.87. The van der Waals surface area contributed by atoms with Crippen molar-refractivity contribution in [2.24, 2.45) is 0 Å². The third kappa shape index (κ3) is 20.9. The summed E-state index contributed by atoms with van der Waals surface area (Å²) in [6.07, 6.45) is -0.722. The maximum absolute atomic E-state index is 12.6. The Morgan fingerprint density at radius 1 is 0.730 bits per heavy atom. The molecule has 3 amide bonds. The highest BCUT2D eigenvalue weighted by atomic mass is 16.6. The quantitative estimate of drug-likeness (QED) is 0.196. The zero-order chi connectivity index (χ0) is 29.0. The second kappa shape index (κ2) is 14.7. The predicted molar refractivity (Wildman–Crippen MR) is 137 cm³/mol. The van der Waals surface area contributed by atoms with Crippen molar-refractivity contribution in [3.05, 3.63) is 0 Å². The molecule has 3 N–H and O–H groups in total. The van der Waals surface area contributed by atoms with Gasteiger partial charge >= 0.3 is 18.0 Å². The molecule has 0 aromatic carbocycles. The fraction of sp³-hybridized carbons (Fsp3) is 0.800. The molecular weight excluding hydrogens is 484 g/mol. The molecule has 0 radical (unpaired) electrons. The summed E-state index contributed by atoms with van der Waals surface area (Å²) in [6.45, 7) is 15.6. The number of esters is 2. The number of hydrogen-bond donors (Lipinski definition) is 3. The van der Waals surface area contributed by atoms with Crippen LogP contribution in [0.4, 0.5) is 4.79 Å². The summed E-state index contributed by atoms with van der Waals surface area (Å²) in [5, 5.41) is 6.61. The van der Waals surface area contributed by atoms with Crippen LogP contribution in [0.1, 0.15) is 88.0 Å². The molecule has 0 spiro atoms. The van der Waals surface area contributed by atoms with Crippen LogP contribution in [-0.4, -0.2) is 77.8 Å². The Bertz CT molecular complexity index is 794. The Morgan fingerprint density at radius 3 is 1.76 bits per heavy atom. The van der Waals surface area contributed by atoms with Crippen LogP contribution in [0.15, 0.2) is 0 Å². The number of rotatable bonds is 12. The van der Waals surface area contributed by atoms with Crippen molar-refractivity contribution < 1.29 is 38.2 Å². The smallest absolute Gasteiger partial charge is 0.407 e. The normalized spacial score (nSPS) is 12.8. The monoisotopic (exact) mass is 530 g/mol. The highest BCUT2D eigenvalue weighted by Crippen LogP contribution is 2.10. The second-order valence-electron chi connectivity index (χ2n) is 11.7. The lowest BCUT2D eigenvalue weighted by atomic mass is 10.1. The van der Waals surface area contributed by atoms with Gasteiger partial charge in [-0.25, -0.2) is 9.80 Å². The van der Waals surface area contributed by atoms with Crippen LogP contribution in [0.5, 0.6) is 0 Å². The van der Waals surface area contributed by atoms with E-state index in [0.717, 1.165) is 0 Å². The van der Waals surface area contributed by atoms with Gasteiger partial charge in [-0.2, -0.15) is 0 Å². The molecule has 12 nitrogen and oxygen atoms in total. The van der Waals surface area contributed by atoms with Crippen molar-refractivity contribution in [1.29, 1.82) is 0 Å². The molecule has 0 aliphatic rings. The first-order chi connectivity index (χ1) is 16.6. The Hall–Kier alpha value is -2.89. The van der Waals surface area contributed by atoms with Crippen LogP contribution >= 0.6 is 0 Å². The molecule has 0 aromatic rings. The molecule has 0 unspecified atom stereocenters. The topological polar surface area (TPSA) is 152 Å². The average molecular weight is 531 g/mol. The lowest BCUT2D eigenvalue weighted by Gasteiger charge is -2.25. The van der Waals surface area contributed by atoms with Crippen LogP contribution in [0.25, 0.3) is 0 Å². The van der Waals surface area contributed by atoms with Gasteiger partial charge in [0.15, 0.2) is 0 Å². The maximum atomic E-state index is 12.6. The largest absolute Gasteiger partial charge is 0.460 e. The van der Waals surface area contributed by atoms with E-state index in [1.807, 2.05) is 0 Å². The number of carbonyl (C=O) groups is 5. The summed E-state index contributed by atoms with van der Waals surface area (Å²) in [5.74, 6) is -1.79. The van der Waals surface area contributed by atoms with Crippen LogP contribution < -0.4 is 16.1 Å². The number of carbonyl (C=O) groups excluding carboxylic acids is 5. The van der Waals surface area contributed by atoms with Gasteiger partial charge < -0.3 is 24.8 Å². The summed E-state index contributed by atoms with van der Waals surface area (Å²) in [5.41, 5.74) is 0.546. The molecule has 0 saturated heterocycles. The summed E-state index contributed by atoms with van der Waals surface area (Å²) in [6, 6.07) is -0.670. The van der Waals surface area contributed by atoms with E-state index in [-0.39, 0.29) is 44.7 Å². The molecule has 1 atom stereocenters. The minimum Gasteiger partial charge on any atom is -0.460 e. The standard InChI is InChI=1S/C25H46N4O8/c1-23(2,3)35-20(32)12-11-18(30)26-14-13-17(27-22(34)37-25(7,8)9)15-19(31)28-29(10)16-21(33)36-24(4,5)6/h17H,11-16H2,1-10H3,(H,26,30)(H,27,34)(H,28,31)/t17-/m0/s1. The van der Waals surface area contributed by atoms with Crippen molar-refractivity contribution in [1.82, 2.24) is 21.1 Å². The van der Waals surface area contributed by atoms with E-state index in [9.17, 15) is 24.0 Å². The second-order valence-corrected chi connectivity index (χ2v) is 11.7. The van der Waals surface area contributed by atoms with E-state index in [1.54, 1.807) is 62.3 Å². The van der Waals surface area contributed by atoms with Crippen LogP contribution in [0, 0.1) is 0 Å². The van der Waals surface area contributed by atoms with Crippen molar-refractivity contribution in [2.75, 3.05) is 20.1 Å². The summed E-state index contributed by atoms with van der Waals surface area (Å²) < 4.78 is 15.7. The Morgan fingerprint density at radius 2 is 1.24 bits per heavy atom. The first-order valence-corrected chi connectivity index (χ1v) is 12.4. The lowest BCUT2D eigenvalue weighted by Crippen LogP contribution is -2.47. The molecule has 37 heavy (non-hydrogen) atoms. The van der Waals surface area contributed by atoms with Gasteiger partial charge in [-0.15, -0.1) is 0 Å². The van der Waals surface area contributed by atoms with E-state index < -0.39 is 46.8 Å². The minimum atomic E-state index is -0.736. The van der Waals surface area contributed by atoms with E-state index >= 15 is 0 Å². The number of ether oxygens (including phenoxy) is 3. The number of nitrogens with one attached hydrogen (secondary N) is 3. The molecule has 0 aliphatic heterocycles. The number of amides is 3. The Balaban J connectivity index is 4.86. The number of nitrogens with zero attached hydrogens (tertiary/aromatic N) is 1. The maximum Gasteiger partial charge on any atom is 0.407 e. The van der Waals surface area contributed by atoms with Crippen molar-refractivity contribution in [3.8, 4) is 0 Å². The Kier molecular flexibility index (Phi) is 13.6. The van der Waals surface area contributed by atoms with E-state index in [4.69, 9.17) is 14.2 Å². The lowest BCUT2D eigenvalue weighted by molar-refractivity contribution is -0.157. The first-order valence-electron chi connectivity index (χ1n) is 12.4. The third-order valence-corrected chi connectivity index (χ3v) is 4.05. The van der Waals surface area contributed by atoms with Crippen molar-refractivity contribution in [3.63, 3.8) is 0 Å². The molecule has 0 rings (SSSR count). The summed E-state index contributed by atoms with van der Waals surface area (Å²) in [7, 11) is 1.52. The van der Waals surface area contributed by atoms with Crippen LogP contribution in [0.3, 0.4) is 0 Å². The molecule has 0 aliphatic carbocycles. The fourth-order valence-electron chi connectivity index (χ4n) is 2.87. The zero-order valence-electron chi connectivity index (χ0n) is 24.0. The van der Waals surface area contributed by atoms with E-state index in [2.05, 4.69) is 16.1 Å². The number of alkyl carbamates (subject to hydrolysis) is 1. The number of hydrogen-bond acceptors (Lipinski definition) is 9. The Labute approximate surface area is 220 Å². The SMILES string of the molecule is CN(CC(=O)OC(C)(C)C)NC(=O)C[C@H](CCNC(=O)CCC(=O)OC(C)(C)C)NC(=O)OC(C)(C)C. The van der Waals surface area contributed by atoms with Crippen LogP contribution in [0.2, 0.25) is 0 Å². The summed E-state index contributed by atoms with van der Waals surface area (Å²) >= 11 is 0. The van der Waals surface area contributed by atoms with E-state index in [0.29, 0.717) is 0 Å². The minimum absolute atomic E-state index is 0.0466. The van der Waals surface area contributed by atoms with Crippen molar-refractivity contribution in [2.45, 2.75) is 111 Å². The van der Waals surface area contributed by atoms with Gasteiger partial charge in [-0.1, -0.05) is 0 Å². The number of hydrazine groups is 1. The van der Waals surface area contributed by atoms with Gasteiger partial charge in [0.1, 0.15) is 23.3 Å².